The van der Waals surface area contributed by atoms with E-state index in [2.05, 4.69) is 20.9 Å². The average Bonchev–Trinajstić information content (AvgIpc) is 2.58. The normalized spacial score (nSPS) is 10.8. The summed E-state index contributed by atoms with van der Waals surface area (Å²) in [7, 11) is 0. The average molecular weight is 314 g/mol. The molecule has 0 unspecified atom stereocenters. The molecule has 17 heavy (non-hydrogen) atoms. The Morgan fingerprint density at radius 3 is 2.88 bits per heavy atom. The lowest BCUT2D eigenvalue weighted by Crippen LogP contribution is -2.02. The molecule has 0 saturated heterocycles. The Hall–Kier alpha value is -0.940. The smallest absolute Gasteiger partial charge is 0.349 e. The van der Waals surface area contributed by atoms with Crippen LogP contribution in [0.15, 0.2) is 10.5 Å². The second-order valence-electron chi connectivity index (χ2n) is 3.71. The van der Waals surface area contributed by atoms with Gasteiger partial charge in [-0.05, 0) is 48.3 Å². The topological polar surface area (TPSA) is 39.2 Å². The van der Waals surface area contributed by atoms with Gasteiger partial charge in [0, 0.05) is 11.1 Å². The zero-order valence-electron chi connectivity index (χ0n) is 9.83. The number of carbonyl (C=O) groups excluding carboxylic acids is 1. The molecule has 2 aromatic rings. The summed E-state index contributed by atoms with van der Waals surface area (Å²) in [6.07, 6.45) is 0. The Kier molecular flexibility index (Phi) is 3.49. The molecule has 0 amide bonds. The number of thiophene rings is 1. The van der Waals surface area contributed by atoms with E-state index in [1.807, 2.05) is 19.9 Å². The molecule has 0 aliphatic heterocycles. The third-order valence-corrected chi connectivity index (χ3v) is 4.69. The molecule has 0 bridgehead atoms. The number of hydrogen-bond acceptors (Lipinski definition) is 4. The van der Waals surface area contributed by atoms with Crippen molar-refractivity contribution in [3.63, 3.8) is 0 Å². The molecule has 3 nitrogen and oxygen atoms in total. The van der Waals surface area contributed by atoms with Crippen LogP contribution in [0.1, 0.15) is 27.9 Å². The molecule has 0 N–H and O–H groups in total. The van der Waals surface area contributed by atoms with Gasteiger partial charge in [0.1, 0.15) is 9.71 Å². The maximum absolute atomic E-state index is 11.7. The molecular weight excluding hydrogens is 302 g/mol. The number of pyridine rings is 1. The first-order valence-electron chi connectivity index (χ1n) is 5.28. The number of esters is 1. The fourth-order valence-electron chi connectivity index (χ4n) is 1.51. The number of hydrogen-bond donors (Lipinski definition) is 0. The van der Waals surface area contributed by atoms with Crippen LogP contribution in [0.4, 0.5) is 0 Å². The predicted molar refractivity (Wildman–Crippen MR) is 72.8 cm³/mol. The summed E-state index contributed by atoms with van der Waals surface area (Å²) in [5.74, 6) is -0.294. The predicted octanol–water partition coefficient (Wildman–Crippen LogP) is 3.85. The van der Waals surface area contributed by atoms with Gasteiger partial charge in [-0.1, -0.05) is 0 Å². The first-order valence-corrected chi connectivity index (χ1v) is 6.89. The lowest BCUT2D eigenvalue weighted by Gasteiger charge is -1.99. The quantitative estimate of drug-likeness (QED) is 0.790. The Balaban J connectivity index is 2.60. The third kappa shape index (κ3) is 2.21. The molecule has 0 fully saturated rings. The van der Waals surface area contributed by atoms with Gasteiger partial charge in [0.05, 0.1) is 11.1 Å². The van der Waals surface area contributed by atoms with Crippen LogP contribution in [-0.4, -0.2) is 17.6 Å². The van der Waals surface area contributed by atoms with Gasteiger partial charge in [-0.2, -0.15) is 0 Å². The number of fused-ring (bicyclic) bond motifs is 1. The minimum atomic E-state index is -0.294. The molecule has 2 heterocycles. The molecule has 0 aromatic carbocycles. The number of halogens is 1. The fourth-order valence-corrected chi connectivity index (χ4v) is 3.34. The molecule has 5 heteroatoms. The molecule has 0 radical (unpaired) electrons. The number of ether oxygens (including phenoxy) is 1. The second-order valence-corrected chi connectivity index (χ2v) is 5.50. The van der Waals surface area contributed by atoms with E-state index >= 15 is 0 Å². The molecule has 0 spiro atoms. The summed E-state index contributed by atoms with van der Waals surface area (Å²) in [6.45, 7) is 6.15. The van der Waals surface area contributed by atoms with Crippen molar-refractivity contribution in [2.75, 3.05) is 6.61 Å². The van der Waals surface area contributed by atoms with Gasteiger partial charge in [0.25, 0.3) is 0 Å². The summed E-state index contributed by atoms with van der Waals surface area (Å²) < 4.78 is 5.80. The first-order chi connectivity index (χ1) is 8.04. The zero-order valence-corrected chi connectivity index (χ0v) is 12.2. The molecule has 90 valence electrons. The molecular formula is C12H12BrNO2S. The van der Waals surface area contributed by atoms with E-state index in [1.165, 1.54) is 11.3 Å². The van der Waals surface area contributed by atoms with Crippen molar-refractivity contribution in [3.05, 3.63) is 26.7 Å². The van der Waals surface area contributed by atoms with E-state index in [-0.39, 0.29) is 5.97 Å². The largest absolute Gasteiger partial charge is 0.462 e. The van der Waals surface area contributed by atoms with E-state index in [4.69, 9.17) is 4.74 Å². The van der Waals surface area contributed by atoms with Gasteiger partial charge < -0.3 is 4.74 Å². The van der Waals surface area contributed by atoms with Crippen molar-refractivity contribution in [2.45, 2.75) is 20.8 Å². The Labute approximate surface area is 112 Å². The summed E-state index contributed by atoms with van der Waals surface area (Å²) >= 11 is 4.81. The number of rotatable bonds is 2. The molecule has 2 rings (SSSR count). The molecule has 0 aliphatic rings. The molecule has 2 aromatic heterocycles. The standard InChI is InChI=1S/C12H12BrNO2S/c1-4-16-12(15)10-9(13)8-5-6(2)7(3)14-11(8)17-10/h5H,4H2,1-3H3. The number of aromatic nitrogens is 1. The first kappa shape index (κ1) is 12.5. The maximum atomic E-state index is 11.7. The van der Waals surface area contributed by atoms with Gasteiger partial charge in [0.15, 0.2) is 0 Å². The van der Waals surface area contributed by atoms with Crippen molar-refractivity contribution in [1.82, 2.24) is 4.98 Å². The van der Waals surface area contributed by atoms with Crippen LogP contribution in [0.5, 0.6) is 0 Å². The Morgan fingerprint density at radius 2 is 2.24 bits per heavy atom. The number of aryl methyl sites for hydroxylation is 2. The fraction of sp³-hybridized carbons (Fsp3) is 0.333. The second kappa shape index (κ2) is 4.74. The van der Waals surface area contributed by atoms with Crippen molar-refractivity contribution >= 4 is 43.5 Å². The zero-order chi connectivity index (χ0) is 12.6. The highest BCUT2D eigenvalue weighted by molar-refractivity contribution is 9.10. The van der Waals surface area contributed by atoms with Crippen LogP contribution in [0.3, 0.4) is 0 Å². The highest BCUT2D eigenvalue weighted by Gasteiger charge is 2.18. The molecule has 0 atom stereocenters. The van der Waals surface area contributed by atoms with Crippen molar-refractivity contribution in [1.29, 1.82) is 0 Å². The van der Waals surface area contributed by atoms with E-state index in [0.29, 0.717) is 11.5 Å². The summed E-state index contributed by atoms with van der Waals surface area (Å²) in [4.78, 5) is 17.7. The van der Waals surface area contributed by atoms with Crippen LogP contribution in [-0.2, 0) is 4.74 Å². The van der Waals surface area contributed by atoms with Gasteiger partial charge in [0.2, 0.25) is 0 Å². The van der Waals surface area contributed by atoms with Gasteiger partial charge >= 0.3 is 5.97 Å². The minimum Gasteiger partial charge on any atom is -0.462 e. The van der Waals surface area contributed by atoms with Crippen LogP contribution in [0.25, 0.3) is 10.2 Å². The molecule has 0 saturated carbocycles. The highest BCUT2D eigenvalue weighted by Crippen LogP contribution is 2.35. The highest BCUT2D eigenvalue weighted by atomic mass is 79.9. The van der Waals surface area contributed by atoms with Crippen molar-refractivity contribution in [2.24, 2.45) is 0 Å². The summed E-state index contributed by atoms with van der Waals surface area (Å²) in [5, 5.41) is 0.973. The van der Waals surface area contributed by atoms with Gasteiger partial charge in [-0.3, -0.25) is 0 Å². The number of nitrogens with zero attached hydrogens (tertiary/aromatic N) is 1. The Bertz CT molecular complexity index is 592. The van der Waals surface area contributed by atoms with Crippen molar-refractivity contribution < 1.29 is 9.53 Å². The van der Waals surface area contributed by atoms with Crippen LogP contribution in [0.2, 0.25) is 0 Å². The van der Waals surface area contributed by atoms with E-state index in [9.17, 15) is 4.79 Å². The summed E-state index contributed by atoms with van der Waals surface area (Å²) in [6, 6.07) is 2.04. The van der Waals surface area contributed by atoms with Gasteiger partial charge in [-0.25, -0.2) is 9.78 Å². The summed E-state index contributed by atoms with van der Waals surface area (Å²) in [5.41, 5.74) is 2.10. The monoisotopic (exact) mass is 313 g/mol. The Morgan fingerprint density at radius 1 is 1.53 bits per heavy atom. The number of carbonyl (C=O) groups is 1. The van der Waals surface area contributed by atoms with Crippen LogP contribution < -0.4 is 0 Å². The lowest BCUT2D eigenvalue weighted by molar-refractivity contribution is 0.0531. The van der Waals surface area contributed by atoms with E-state index < -0.39 is 0 Å². The van der Waals surface area contributed by atoms with E-state index in [0.717, 1.165) is 25.9 Å². The van der Waals surface area contributed by atoms with E-state index in [1.54, 1.807) is 6.92 Å². The molecule has 0 aliphatic carbocycles. The maximum Gasteiger partial charge on any atom is 0.349 e. The lowest BCUT2D eigenvalue weighted by atomic mass is 10.2. The minimum absolute atomic E-state index is 0.294. The SMILES string of the molecule is CCOC(=O)c1sc2nc(C)c(C)cc2c1Br. The van der Waals surface area contributed by atoms with Crippen LogP contribution in [0, 0.1) is 13.8 Å². The van der Waals surface area contributed by atoms with Crippen LogP contribution >= 0.6 is 27.3 Å². The van der Waals surface area contributed by atoms with Gasteiger partial charge in [-0.15, -0.1) is 11.3 Å². The third-order valence-electron chi connectivity index (χ3n) is 2.53. The van der Waals surface area contributed by atoms with Crippen molar-refractivity contribution in [3.8, 4) is 0 Å².